The number of fused-ring (bicyclic) bond motifs is 4. The van der Waals surface area contributed by atoms with E-state index in [9.17, 15) is 4.79 Å². The highest BCUT2D eigenvalue weighted by molar-refractivity contribution is 6.36. The van der Waals surface area contributed by atoms with Crippen LogP contribution in [0.4, 0.5) is 11.8 Å². The molecule has 0 bridgehead atoms. The summed E-state index contributed by atoms with van der Waals surface area (Å²) in [5, 5.41) is 3.86. The van der Waals surface area contributed by atoms with Gasteiger partial charge in [-0.3, -0.25) is 4.79 Å². The number of rotatable bonds is 6. The molecular formula is C34H37ClN6O2. The Kier molecular flexibility index (Phi) is 7.35. The molecule has 3 aromatic carbocycles. The number of aromatic nitrogens is 2. The molecule has 7 rings (SSSR count). The topological polar surface area (TPSA) is 65.0 Å². The summed E-state index contributed by atoms with van der Waals surface area (Å²) in [7, 11) is 4.24. The summed E-state index contributed by atoms with van der Waals surface area (Å²) in [6, 6.07) is 14.7. The van der Waals surface area contributed by atoms with Crippen LogP contribution in [0.3, 0.4) is 0 Å². The maximum absolute atomic E-state index is 12.3. The summed E-state index contributed by atoms with van der Waals surface area (Å²) >= 11 is 6.82. The van der Waals surface area contributed by atoms with Gasteiger partial charge in [0.1, 0.15) is 11.6 Å². The fourth-order valence-electron chi connectivity index (χ4n) is 6.87. The monoisotopic (exact) mass is 596 g/mol. The minimum absolute atomic E-state index is 0.0282. The minimum atomic E-state index is -0.0282. The molecule has 0 saturated carbocycles. The van der Waals surface area contributed by atoms with Crippen molar-refractivity contribution >= 4 is 50.9 Å². The third-order valence-corrected chi connectivity index (χ3v) is 9.22. The highest BCUT2D eigenvalue weighted by atomic mass is 35.5. The molecule has 0 spiro atoms. The lowest BCUT2D eigenvalue weighted by atomic mass is 9.89. The van der Waals surface area contributed by atoms with Gasteiger partial charge in [-0.15, -0.1) is 0 Å². The predicted octanol–water partition coefficient (Wildman–Crippen LogP) is 5.26. The van der Waals surface area contributed by atoms with Crippen molar-refractivity contribution in [1.29, 1.82) is 0 Å². The number of carbonyl (C=O) groups is 1. The maximum atomic E-state index is 12.3. The molecule has 43 heavy (non-hydrogen) atoms. The zero-order valence-electron chi connectivity index (χ0n) is 24.9. The van der Waals surface area contributed by atoms with E-state index in [0.717, 1.165) is 87.8 Å². The fourth-order valence-corrected chi connectivity index (χ4v) is 7.15. The Hall–Kier alpha value is -3.88. The second-order valence-corrected chi connectivity index (χ2v) is 12.5. The van der Waals surface area contributed by atoms with Crippen LogP contribution in [-0.2, 0) is 11.2 Å². The molecule has 3 aliphatic rings. The van der Waals surface area contributed by atoms with Crippen molar-refractivity contribution in [2.45, 2.75) is 12.8 Å². The van der Waals surface area contributed by atoms with Crippen LogP contribution in [0.1, 0.15) is 12.0 Å². The number of piperazine rings is 1. The number of ether oxygens (including phenoxy) is 1. The standard InChI is InChI=1S/C34H37ClN6O2/c1-4-29(42)39-13-15-40(16-14-39)33-31-28(36-34(37-33)41-20-22(21-41)19-38(2)3)18-26(25-11-7-17-43-32(25)31)24-10-5-8-23-9-6-12-27(35)30(23)24/h4-6,8-10,12,18,22H,1,7,11,13-17,19-21H2,2-3H3. The molecule has 4 heterocycles. The van der Waals surface area contributed by atoms with Gasteiger partial charge < -0.3 is 24.3 Å². The SMILES string of the molecule is C=CC(=O)N1CCN(c2nc(N3CC(CN(C)C)C3)nc3cc(-c4cccc5cccc(Cl)c45)c4c(c23)OCCC4)CC1. The normalized spacial score (nSPS) is 17.3. The lowest BCUT2D eigenvalue weighted by Gasteiger charge is -2.41. The summed E-state index contributed by atoms with van der Waals surface area (Å²) < 4.78 is 6.51. The van der Waals surface area contributed by atoms with Gasteiger partial charge in [-0.2, -0.15) is 4.98 Å². The van der Waals surface area contributed by atoms with Gasteiger partial charge >= 0.3 is 0 Å². The second kappa shape index (κ2) is 11.3. The van der Waals surface area contributed by atoms with Gasteiger partial charge in [-0.1, -0.05) is 48.5 Å². The number of anilines is 2. The Morgan fingerprint density at radius 1 is 1.05 bits per heavy atom. The first-order chi connectivity index (χ1) is 20.9. The van der Waals surface area contributed by atoms with E-state index in [1.807, 2.05) is 17.0 Å². The summed E-state index contributed by atoms with van der Waals surface area (Å²) in [6.45, 7) is 9.84. The molecule has 222 valence electrons. The Labute approximate surface area is 257 Å². The van der Waals surface area contributed by atoms with Crippen LogP contribution in [0, 0.1) is 5.92 Å². The number of nitrogens with zero attached hydrogens (tertiary/aromatic N) is 6. The van der Waals surface area contributed by atoms with E-state index in [2.05, 4.69) is 65.7 Å². The third-order valence-electron chi connectivity index (χ3n) is 8.90. The van der Waals surface area contributed by atoms with Crippen LogP contribution in [-0.4, -0.2) is 92.2 Å². The predicted molar refractivity (Wildman–Crippen MR) is 175 cm³/mol. The Morgan fingerprint density at radius 3 is 2.56 bits per heavy atom. The second-order valence-electron chi connectivity index (χ2n) is 12.1. The van der Waals surface area contributed by atoms with Crippen LogP contribution >= 0.6 is 11.6 Å². The van der Waals surface area contributed by atoms with Gasteiger partial charge in [0.2, 0.25) is 11.9 Å². The number of carbonyl (C=O) groups excluding carboxylic acids is 1. The summed E-state index contributed by atoms with van der Waals surface area (Å²) in [5.74, 6) is 3.08. The van der Waals surface area contributed by atoms with Crippen LogP contribution in [0.5, 0.6) is 5.75 Å². The Balaban J connectivity index is 1.39. The first-order valence-corrected chi connectivity index (χ1v) is 15.5. The Bertz CT molecular complexity index is 1720. The van der Waals surface area contributed by atoms with Gasteiger partial charge in [0.05, 0.1) is 17.5 Å². The van der Waals surface area contributed by atoms with Gasteiger partial charge in [0.25, 0.3) is 0 Å². The molecule has 0 N–H and O–H groups in total. The molecule has 9 heteroatoms. The molecule has 0 radical (unpaired) electrons. The molecule has 1 amide bonds. The van der Waals surface area contributed by atoms with Crippen molar-refractivity contribution in [2.75, 3.05) is 76.3 Å². The smallest absolute Gasteiger partial charge is 0.246 e. The lowest BCUT2D eigenvalue weighted by Crippen LogP contribution is -2.51. The van der Waals surface area contributed by atoms with Crippen LogP contribution in [0.2, 0.25) is 5.02 Å². The van der Waals surface area contributed by atoms with Crippen LogP contribution in [0.15, 0.2) is 55.1 Å². The highest BCUT2D eigenvalue weighted by Gasteiger charge is 2.33. The molecule has 2 saturated heterocycles. The van der Waals surface area contributed by atoms with E-state index in [1.165, 1.54) is 11.6 Å². The fraction of sp³-hybridized carbons (Fsp3) is 0.382. The molecule has 0 atom stereocenters. The zero-order valence-corrected chi connectivity index (χ0v) is 25.6. The average molecular weight is 597 g/mol. The summed E-state index contributed by atoms with van der Waals surface area (Å²) in [5.41, 5.74) is 4.27. The van der Waals surface area contributed by atoms with Crippen molar-refractivity contribution in [1.82, 2.24) is 19.8 Å². The van der Waals surface area contributed by atoms with E-state index >= 15 is 0 Å². The van der Waals surface area contributed by atoms with Crippen molar-refractivity contribution in [2.24, 2.45) is 5.92 Å². The molecule has 0 aliphatic carbocycles. The van der Waals surface area contributed by atoms with Crippen molar-refractivity contribution in [3.05, 3.63) is 65.7 Å². The summed E-state index contributed by atoms with van der Waals surface area (Å²) in [4.78, 5) is 31.4. The van der Waals surface area contributed by atoms with Gasteiger partial charge in [0.15, 0.2) is 0 Å². The molecule has 2 fully saturated rings. The first-order valence-electron chi connectivity index (χ1n) is 15.1. The van der Waals surface area contributed by atoms with Crippen molar-refractivity contribution in [3.63, 3.8) is 0 Å². The molecule has 4 aromatic rings. The van der Waals surface area contributed by atoms with Crippen molar-refractivity contribution in [3.8, 4) is 16.9 Å². The van der Waals surface area contributed by atoms with Crippen LogP contribution in [0.25, 0.3) is 32.8 Å². The van der Waals surface area contributed by atoms with E-state index < -0.39 is 0 Å². The summed E-state index contributed by atoms with van der Waals surface area (Å²) in [6.07, 6.45) is 3.25. The van der Waals surface area contributed by atoms with E-state index in [4.69, 9.17) is 26.3 Å². The van der Waals surface area contributed by atoms with Gasteiger partial charge in [-0.25, -0.2) is 4.98 Å². The van der Waals surface area contributed by atoms with Crippen molar-refractivity contribution < 1.29 is 9.53 Å². The molecule has 8 nitrogen and oxygen atoms in total. The minimum Gasteiger partial charge on any atom is -0.492 e. The van der Waals surface area contributed by atoms with E-state index in [0.29, 0.717) is 38.7 Å². The number of hydrogen-bond acceptors (Lipinski definition) is 7. The average Bonchev–Trinajstić information content (AvgIpc) is 3.01. The molecule has 0 unspecified atom stereocenters. The van der Waals surface area contributed by atoms with Gasteiger partial charge in [0, 0.05) is 67.7 Å². The Morgan fingerprint density at radius 2 is 1.81 bits per heavy atom. The number of hydrogen-bond donors (Lipinski definition) is 0. The van der Waals surface area contributed by atoms with E-state index in [-0.39, 0.29) is 5.91 Å². The quantitative estimate of drug-likeness (QED) is 0.281. The largest absolute Gasteiger partial charge is 0.492 e. The number of amides is 1. The lowest BCUT2D eigenvalue weighted by molar-refractivity contribution is -0.126. The highest BCUT2D eigenvalue weighted by Crippen LogP contribution is 2.46. The molecular weight excluding hydrogens is 560 g/mol. The van der Waals surface area contributed by atoms with Gasteiger partial charge in [-0.05, 0) is 61.7 Å². The third kappa shape index (κ3) is 5.06. The maximum Gasteiger partial charge on any atom is 0.246 e. The number of benzene rings is 3. The van der Waals surface area contributed by atoms with Crippen LogP contribution < -0.4 is 14.5 Å². The molecule has 3 aliphatic heterocycles. The first kappa shape index (κ1) is 27.9. The molecule has 1 aromatic heterocycles. The van der Waals surface area contributed by atoms with E-state index in [1.54, 1.807) is 0 Å². The zero-order chi connectivity index (χ0) is 29.7. The number of halogens is 1.